The molecule has 1 saturated heterocycles. The summed E-state index contributed by atoms with van der Waals surface area (Å²) in [5, 5.41) is 13.9. The quantitative estimate of drug-likeness (QED) is 0.279. The first-order valence-corrected chi connectivity index (χ1v) is 21.1. The van der Waals surface area contributed by atoms with E-state index in [1.807, 2.05) is 30.3 Å². The molecule has 6 aliphatic rings. The Morgan fingerprint density at radius 2 is 1.61 bits per heavy atom. The smallest absolute Gasteiger partial charge is 0.309 e. The average molecular weight is 742 g/mol. The van der Waals surface area contributed by atoms with E-state index < -0.39 is 17.4 Å². The second-order valence-electron chi connectivity index (χ2n) is 20.5. The molecule has 294 valence electrons. The summed E-state index contributed by atoms with van der Waals surface area (Å²) in [6, 6.07) is 9.77. The van der Waals surface area contributed by atoms with Crippen molar-refractivity contribution in [3.63, 3.8) is 0 Å². The van der Waals surface area contributed by atoms with Gasteiger partial charge in [0.2, 0.25) is 17.6 Å². The Balaban J connectivity index is 1.01. The van der Waals surface area contributed by atoms with Crippen LogP contribution in [0, 0.1) is 56.2 Å². The van der Waals surface area contributed by atoms with Crippen LogP contribution in [-0.4, -0.2) is 50.6 Å². The molecule has 54 heavy (non-hydrogen) atoms. The number of rotatable bonds is 7. The molecule has 1 aromatic carbocycles. The van der Waals surface area contributed by atoms with Gasteiger partial charge in [0.15, 0.2) is 0 Å². The number of hydrogen-bond donors (Lipinski definition) is 1. The summed E-state index contributed by atoms with van der Waals surface area (Å²) in [6.45, 7) is 16.3. The molecule has 0 bridgehead atoms. The first-order valence-electron chi connectivity index (χ1n) is 21.1. The fraction of sp³-hybridized carbons (Fsp3) is 0.756. The molecule has 10 atom stereocenters. The van der Waals surface area contributed by atoms with Crippen molar-refractivity contribution in [3.05, 3.63) is 36.2 Å². The minimum absolute atomic E-state index is 0.118. The fourth-order valence-corrected chi connectivity index (χ4v) is 14.4. The summed E-state index contributed by atoms with van der Waals surface area (Å²) >= 11 is 0. The van der Waals surface area contributed by atoms with Gasteiger partial charge in [-0.3, -0.25) is 14.4 Å². The highest BCUT2D eigenvalue weighted by atomic mass is 16.5. The summed E-state index contributed by atoms with van der Waals surface area (Å²) in [5.41, 5.74) is -0.297. The van der Waals surface area contributed by atoms with Crippen LogP contribution in [0.25, 0.3) is 11.4 Å². The lowest BCUT2D eigenvalue weighted by atomic mass is 9.32. The van der Waals surface area contributed by atoms with E-state index in [0.29, 0.717) is 41.3 Å². The predicted octanol–water partition coefficient (Wildman–Crippen LogP) is 9.67. The third kappa shape index (κ3) is 5.46. The number of likely N-dealkylation sites (tertiary alicyclic amines) is 1. The maximum atomic E-state index is 15.1. The highest BCUT2D eigenvalue weighted by molar-refractivity contribution is 5.84. The second kappa shape index (κ2) is 12.9. The lowest BCUT2D eigenvalue weighted by Gasteiger charge is -2.72. The van der Waals surface area contributed by atoms with Crippen LogP contribution in [0.1, 0.15) is 150 Å². The van der Waals surface area contributed by atoms with Gasteiger partial charge in [-0.15, -0.1) is 0 Å². The minimum atomic E-state index is -1.15. The number of aromatic nitrogens is 2. The van der Waals surface area contributed by atoms with Gasteiger partial charge in [-0.25, -0.2) is 0 Å². The summed E-state index contributed by atoms with van der Waals surface area (Å²) in [5.74, 6) is 2.03. The Labute approximate surface area is 321 Å². The van der Waals surface area contributed by atoms with Crippen molar-refractivity contribution in [1.82, 2.24) is 15.0 Å². The van der Waals surface area contributed by atoms with Crippen molar-refractivity contribution in [2.24, 2.45) is 56.2 Å². The highest BCUT2D eigenvalue weighted by Gasteiger charge is 2.71. The number of amides is 1. The third-order valence-corrected chi connectivity index (χ3v) is 17.4. The first kappa shape index (κ1) is 37.7. The largest absolute Gasteiger partial charge is 0.481 e. The van der Waals surface area contributed by atoms with Gasteiger partial charge >= 0.3 is 11.9 Å². The molecule has 9 heteroatoms. The van der Waals surface area contributed by atoms with Crippen LogP contribution < -0.4 is 0 Å². The molecule has 2 unspecified atom stereocenters. The topological polar surface area (TPSA) is 123 Å². The number of carboxylic acid groups (broad SMARTS) is 1. The molecule has 1 aliphatic heterocycles. The van der Waals surface area contributed by atoms with E-state index in [9.17, 15) is 14.7 Å². The molecule has 9 nitrogen and oxygen atoms in total. The highest BCUT2D eigenvalue weighted by Crippen LogP contribution is 2.77. The average Bonchev–Trinajstić information content (AvgIpc) is 3.90. The van der Waals surface area contributed by atoms with Crippen LogP contribution >= 0.6 is 0 Å². The van der Waals surface area contributed by atoms with Crippen molar-refractivity contribution in [2.45, 2.75) is 151 Å². The number of nitrogens with zero attached hydrogens (tertiary/aromatic N) is 3. The van der Waals surface area contributed by atoms with E-state index >= 15 is 4.79 Å². The van der Waals surface area contributed by atoms with E-state index in [4.69, 9.17) is 14.2 Å². The first-order chi connectivity index (χ1) is 25.5. The van der Waals surface area contributed by atoms with E-state index in [-0.39, 0.29) is 45.6 Å². The van der Waals surface area contributed by atoms with Crippen LogP contribution in [0.2, 0.25) is 0 Å². The van der Waals surface area contributed by atoms with Crippen molar-refractivity contribution in [1.29, 1.82) is 0 Å². The van der Waals surface area contributed by atoms with Crippen molar-refractivity contribution in [2.75, 3.05) is 6.54 Å². The van der Waals surface area contributed by atoms with Gasteiger partial charge < -0.3 is 19.3 Å². The molecule has 0 radical (unpaired) electrons. The molecule has 5 saturated carbocycles. The van der Waals surface area contributed by atoms with Gasteiger partial charge in [0.1, 0.15) is 12.1 Å². The SMILES string of the molecule is CC(C)(CC(=O)O[C@H]1CC[C@@]2(C)C(CC[C@]3(C)C2CC[C@@H]2[C@H]4CCC[C@]4(C(=O)N4CCC[C@@H]4c4nc(-c5ccccc5)no4)CC[C@]23C)C1(C)C)C(=O)O. The van der Waals surface area contributed by atoms with Crippen molar-refractivity contribution in [3.8, 4) is 11.4 Å². The van der Waals surface area contributed by atoms with E-state index in [0.717, 1.165) is 82.7 Å². The standard InChI is InChI=1S/C45H63N3O6/c1-40(2,39(51)52)27-35(49)53-34-20-22-42(5)32(41(34,3)4)19-23-44(7)33(42)18-17-29-30-15-11-21-45(30,25-24-43(29,44)6)38(50)48-26-12-16-31(48)37-46-36(47-54-37)28-13-9-8-10-14-28/h8-10,13-14,29-34H,11-12,15-27H2,1-7H3,(H,51,52)/t29-,30-,31-,32?,33?,34+,42+,43-,44-,45+/m1/s1. The molecular formula is C45H63N3O6. The number of ether oxygens (including phenoxy) is 1. The van der Waals surface area contributed by atoms with E-state index in [2.05, 4.69) is 44.7 Å². The zero-order valence-corrected chi connectivity index (χ0v) is 33.8. The van der Waals surface area contributed by atoms with Crippen LogP contribution in [0.5, 0.6) is 0 Å². The summed E-state index contributed by atoms with van der Waals surface area (Å²) in [7, 11) is 0. The lowest BCUT2D eigenvalue weighted by molar-refractivity contribution is -0.248. The van der Waals surface area contributed by atoms with Gasteiger partial charge in [-0.05, 0) is 131 Å². The second-order valence-corrected chi connectivity index (χ2v) is 20.5. The van der Waals surface area contributed by atoms with Gasteiger partial charge in [0.25, 0.3) is 0 Å². The molecule has 1 N–H and O–H groups in total. The van der Waals surface area contributed by atoms with Crippen LogP contribution in [-0.2, 0) is 19.1 Å². The van der Waals surface area contributed by atoms with E-state index in [1.54, 1.807) is 13.8 Å². The summed E-state index contributed by atoms with van der Waals surface area (Å²) in [6.07, 6.45) is 13.3. The number of fused-ring (bicyclic) bond motifs is 7. The molecule has 8 rings (SSSR count). The van der Waals surface area contributed by atoms with Gasteiger partial charge in [-0.2, -0.15) is 4.98 Å². The molecule has 6 fully saturated rings. The van der Waals surface area contributed by atoms with Crippen LogP contribution in [0.3, 0.4) is 0 Å². The normalized spacial score (nSPS) is 39.9. The Kier molecular flexibility index (Phi) is 9.01. The number of carbonyl (C=O) groups is 3. The number of esters is 1. The van der Waals surface area contributed by atoms with Crippen LogP contribution in [0.15, 0.2) is 34.9 Å². The molecule has 5 aliphatic carbocycles. The maximum absolute atomic E-state index is 15.1. The zero-order chi connectivity index (χ0) is 38.5. The Bertz CT molecular complexity index is 1790. The van der Waals surface area contributed by atoms with Crippen molar-refractivity contribution < 1.29 is 28.8 Å². The molecular weight excluding hydrogens is 679 g/mol. The fourth-order valence-electron chi connectivity index (χ4n) is 14.4. The Morgan fingerprint density at radius 3 is 2.35 bits per heavy atom. The number of benzene rings is 1. The molecule has 1 amide bonds. The minimum Gasteiger partial charge on any atom is -0.481 e. The molecule has 2 aromatic rings. The predicted molar refractivity (Wildman–Crippen MR) is 205 cm³/mol. The van der Waals surface area contributed by atoms with Gasteiger partial charge in [-0.1, -0.05) is 76.5 Å². The Morgan fingerprint density at radius 1 is 0.852 bits per heavy atom. The zero-order valence-electron chi connectivity index (χ0n) is 33.8. The maximum Gasteiger partial charge on any atom is 0.309 e. The monoisotopic (exact) mass is 741 g/mol. The number of carbonyl (C=O) groups excluding carboxylic acids is 2. The number of hydrogen-bond acceptors (Lipinski definition) is 7. The summed E-state index contributed by atoms with van der Waals surface area (Å²) in [4.78, 5) is 46.9. The van der Waals surface area contributed by atoms with Gasteiger partial charge in [0.05, 0.1) is 17.3 Å². The number of carboxylic acids is 1. The van der Waals surface area contributed by atoms with Crippen LogP contribution in [0.4, 0.5) is 0 Å². The molecule has 0 spiro atoms. The Hall–Kier alpha value is -3.23. The number of aliphatic carboxylic acids is 1. The molecule has 2 heterocycles. The van der Waals surface area contributed by atoms with Gasteiger partial charge in [0, 0.05) is 17.5 Å². The van der Waals surface area contributed by atoms with E-state index in [1.165, 1.54) is 12.8 Å². The third-order valence-electron chi connectivity index (χ3n) is 17.4. The summed E-state index contributed by atoms with van der Waals surface area (Å²) < 4.78 is 12.1. The molecule has 1 aromatic heterocycles. The van der Waals surface area contributed by atoms with Crippen molar-refractivity contribution >= 4 is 17.8 Å². The lowest BCUT2D eigenvalue weighted by Crippen LogP contribution is -2.67.